The molecule has 0 saturated carbocycles. The highest BCUT2D eigenvalue weighted by Gasteiger charge is 2.51. The molecule has 0 radical (unpaired) electrons. The number of urea groups is 1. The molecule has 4 heteroatoms. The highest BCUT2D eigenvalue weighted by Crippen LogP contribution is 2.33. The molecule has 1 N–H and O–H groups in total. The minimum atomic E-state index is -0.957. The van der Waals surface area contributed by atoms with Crippen LogP contribution in [0.15, 0.2) is 54.6 Å². The van der Waals surface area contributed by atoms with Gasteiger partial charge in [0, 0.05) is 0 Å². The van der Waals surface area contributed by atoms with Gasteiger partial charge in [0.05, 0.1) is 6.54 Å². The number of imide groups is 1. The summed E-state index contributed by atoms with van der Waals surface area (Å²) in [6, 6.07) is 16.9. The van der Waals surface area contributed by atoms with E-state index in [0.717, 1.165) is 16.7 Å². The molecule has 1 aliphatic rings. The summed E-state index contributed by atoms with van der Waals surface area (Å²) in [7, 11) is 0. The number of hydrogen-bond donors (Lipinski definition) is 1. The van der Waals surface area contributed by atoms with Crippen molar-refractivity contribution >= 4 is 11.9 Å². The number of aryl methyl sites for hydroxylation is 1. The smallest absolute Gasteiger partial charge is 0.319 e. The molecule has 1 aliphatic heterocycles. The molecule has 3 rings (SSSR count). The number of nitrogens with zero attached hydrogens (tertiary/aromatic N) is 1. The molecule has 1 heterocycles. The molecule has 4 nitrogen and oxygen atoms in total. The second kappa shape index (κ2) is 5.88. The van der Waals surface area contributed by atoms with Crippen LogP contribution in [0.1, 0.15) is 30.0 Å². The number of hydrogen-bond acceptors (Lipinski definition) is 2. The molecule has 1 atom stereocenters. The van der Waals surface area contributed by atoms with Gasteiger partial charge in [-0.15, -0.1) is 0 Å². The number of amides is 3. The molecule has 1 saturated heterocycles. The van der Waals surface area contributed by atoms with E-state index in [-0.39, 0.29) is 11.9 Å². The first-order valence-electron chi connectivity index (χ1n) is 7.82. The molecule has 0 unspecified atom stereocenters. The van der Waals surface area contributed by atoms with Gasteiger partial charge in [0.15, 0.2) is 0 Å². The van der Waals surface area contributed by atoms with Crippen LogP contribution in [0.5, 0.6) is 0 Å². The Morgan fingerprint density at radius 1 is 1.00 bits per heavy atom. The zero-order valence-corrected chi connectivity index (χ0v) is 13.4. The van der Waals surface area contributed by atoms with E-state index < -0.39 is 5.54 Å². The van der Waals surface area contributed by atoms with Gasteiger partial charge in [0.2, 0.25) is 0 Å². The van der Waals surface area contributed by atoms with Crippen molar-refractivity contribution in [3.63, 3.8) is 0 Å². The summed E-state index contributed by atoms with van der Waals surface area (Å²) in [6.07, 6.45) is 0.520. The summed E-state index contributed by atoms with van der Waals surface area (Å²) in [5.41, 5.74) is 1.92. The van der Waals surface area contributed by atoms with E-state index in [1.54, 1.807) is 0 Å². The summed E-state index contributed by atoms with van der Waals surface area (Å²) >= 11 is 0. The van der Waals surface area contributed by atoms with E-state index in [1.807, 2.05) is 68.4 Å². The van der Waals surface area contributed by atoms with Gasteiger partial charge >= 0.3 is 6.03 Å². The number of carbonyl (C=O) groups excluding carboxylic acids is 2. The zero-order chi connectivity index (χ0) is 16.4. The van der Waals surface area contributed by atoms with Crippen LogP contribution in [0.2, 0.25) is 0 Å². The third-order valence-corrected chi connectivity index (χ3v) is 4.56. The molecule has 2 aromatic carbocycles. The van der Waals surface area contributed by atoms with Gasteiger partial charge in [-0.25, -0.2) is 4.79 Å². The van der Waals surface area contributed by atoms with Gasteiger partial charge in [0.25, 0.3) is 5.91 Å². The Morgan fingerprint density at radius 3 is 2.30 bits per heavy atom. The normalized spacial score (nSPS) is 20.7. The first kappa shape index (κ1) is 15.3. The van der Waals surface area contributed by atoms with Crippen molar-refractivity contribution in [1.29, 1.82) is 0 Å². The van der Waals surface area contributed by atoms with Gasteiger partial charge < -0.3 is 5.32 Å². The molecule has 0 bridgehead atoms. The lowest BCUT2D eigenvalue weighted by Crippen LogP contribution is -2.43. The Balaban J connectivity index is 1.95. The molecule has 0 aromatic heterocycles. The van der Waals surface area contributed by atoms with Crippen molar-refractivity contribution in [3.05, 3.63) is 71.3 Å². The summed E-state index contributed by atoms with van der Waals surface area (Å²) in [4.78, 5) is 26.8. The second-order valence-electron chi connectivity index (χ2n) is 5.87. The monoisotopic (exact) mass is 308 g/mol. The maximum absolute atomic E-state index is 13.0. The third-order valence-electron chi connectivity index (χ3n) is 4.56. The van der Waals surface area contributed by atoms with Crippen LogP contribution in [-0.2, 0) is 16.9 Å². The summed E-state index contributed by atoms with van der Waals surface area (Å²) in [5.74, 6) is -0.181. The fourth-order valence-corrected chi connectivity index (χ4v) is 3.09. The Kier molecular flexibility index (Phi) is 3.90. The first-order valence-corrected chi connectivity index (χ1v) is 7.82. The molecule has 23 heavy (non-hydrogen) atoms. The van der Waals surface area contributed by atoms with Crippen molar-refractivity contribution in [3.8, 4) is 0 Å². The Hall–Kier alpha value is -2.62. The van der Waals surface area contributed by atoms with E-state index in [9.17, 15) is 9.59 Å². The summed E-state index contributed by atoms with van der Waals surface area (Å²) in [5, 5.41) is 2.91. The number of benzene rings is 2. The molecule has 3 amide bonds. The Morgan fingerprint density at radius 2 is 1.65 bits per heavy atom. The SMILES string of the molecule is CC[C@]1(c2ccccc2)NC(=O)N(Cc2ccccc2C)C1=O. The zero-order valence-electron chi connectivity index (χ0n) is 13.4. The van der Waals surface area contributed by atoms with Crippen LogP contribution >= 0.6 is 0 Å². The average Bonchev–Trinajstić information content (AvgIpc) is 2.82. The average molecular weight is 308 g/mol. The molecule has 118 valence electrons. The lowest BCUT2D eigenvalue weighted by Gasteiger charge is -2.25. The first-order chi connectivity index (χ1) is 11.1. The molecular formula is C19H20N2O2. The molecule has 0 spiro atoms. The molecule has 0 aliphatic carbocycles. The summed E-state index contributed by atoms with van der Waals surface area (Å²) < 4.78 is 0. The van der Waals surface area contributed by atoms with Gasteiger partial charge in [-0.1, -0.05) is 61.5 Å². The molecule has 1 fully saturated rings. The maximum atomic E-state index is 13.0. The fourth-order valence-electron chi connectivity index (χ4n) is 3.09. The number of carbonyl (C=O) groups is 2. The highest BCUT2D eigenvalue weighted by atomic mass is 16.2. The third kappa shape index (κ3) is 2.50. The van der Waals surface area contributed by atoms with Crippen LogP contribution in [0.4, 0.5) is 4.79 Å². The van der Waals surface area contributed by atoms with Crippen molar-refractivity contribution in [2.24, 2.45) is 0 Å². The van der Waals surface area contributed by atoms with E-state index >= 15 is 0 Å². The lowest BCUT2D eigenvalue weighted by molar-refractivity contribution is -0.132. The van der Waals surface area contributed by atoms with Gasteiger partial charge in [-0.2, -0.15) is 0 Å². The van der Waals surface area contributed by atoms with Crippen LogP contribution in [0.25, 0.3) is 0 Å². The van der Waals surface area contributed by atoms with Crippen molar-refractivity contribution in [1.82, 2.24) is 10.2 Å². The van der Waals surface area contributed by atoms with E-state index in [4.69, 9.17) is 0 Å². The predicted molar refractivity (Wildman–Crippen MR) is 88.7 cm³/mol. The minimum Gasteiger partial charge on any atom is -0.319 e. The van der Waals surface area contributed by atoms with Crippen LogP contribution in [-0.4, -0.2) is 16.8 Å². The largest absolute Gasteiger partial charge is 0.325 e. The van der Waals surface area contributed by atoms with E-state index in [2.05, 4.69) is 5.32 Å². The molecule has 2 aromatic rings. The van der Waals surface area contributed by atoms with E-state index in [0.29, 0.717) is 13.0 Å². The number of nitrogens with one attached hydrogen (secondary N) is 1. The maximum Gasteiger partial charge on any atom is 0.325 e. The fraction of sp³-hybridized carbons (Fsp3) is 0.263. The van der Waals surface area contributed by atoms with Crippen molar-refractivity contribution in [2.75, 3.05) is 0 Å². The van der Waals surface area contributed by atoms with Crippen LogP contribution in [0, 0.1) is 6.92 Å². The van der Waals surface area contributed by atoms with Crippen LogP contribution in [0.3, 0.4) is 0 Å². The van der Waals surface area contributed by atoms with Gasteiger partial charge in [-0.3, -0.25) is 9.69 Å². The Labute approximate surface area is 136 Å². The van der Waals surface area contributed by atoms with Crippen molar-refractivity contribution in [2.45, 2.75) is 32.4 Å². The quantitative estimate of drug-likeness (QED) is 0.881. The van der Waals surface area contributed by atoms with Crippen molar-refractivity contribution < 1.29 is 9.59 Å². The predicted octanol–water partition coefficient (Wildman–Crippen LogP) is 3.35. The minimum absolute atomic E-state index is 0.181. The number of rotatable bonds is 4. The highest BCUT2D eigenvalue weighted by molar-refractivity contribution is 6.07. The summed E-state index contributed by atoms with van der Waals surface area (Å²) in [6.45, 7) is 4.20. The standard InChI is InChI=1S/C19H20N2O2/c1-3-19(16-11-5-4-6-12-16)17(22)21(18(23)20-19)13-15-10-8-7-9-14(15)2/h4-12H,3,13H2,1-2H3,(H,20,23)/t19-/m1/s1. The second-order valence-corrected chi connectivity index (χ2v) is 5.87. The van der Waals surface area contributed by atoms with Gasteiger partial charge in [0.1, 0.15) is 5.54 Å². The Bertz CT molecular complexity index is 742. The lowest BCUT2D eigenvalue weighted by atomic mass is 9.87. The van der Waals surface area contributed by atoms with Gasteiger partial charge in [-0.05, 0) is 30.0 Å². The van der Waals surface area contributed by atoms with E-state index in [1.165, 1.54) is 4.90 Å². The molecular weight excluding hydrogens is 288 g/mol. The van der Waals surface area contributed by atoms with Crippen LogP contribution < -0.4 is 5.32 Å². The topological polar surface area (TPSA) is 49.4 Å².